The first-order valence-electron chi connectivity index (χ1n) is 15.4. The minimum absolute atomic E-state index is 0.160. The molecule has 1 aromatic heterocycles. The summed E-state index contributed by atoms with van der Waals surface area (Å²) in [5.74, 6) is 0.135. The summed E-state index contributed by atoms with van der Waals surface area (Å²) >= 11 is 0. The monoisotopic (exact) mass is 569 g/mol. The van der Waals surface area contributed by atoms with Gasteiger partial charge in [0.25, 0.3) is 0 Å². The number of carbonyl (C=O) groups excluding carboxylic acids is 1. The number of nitrogens with one attached hydrogen (secondary N) is 1. The first-order valence-corrected chi connectivity index (χ1v) is 15.4. The number of anilines is 1. The van der Waals surface area contributed by atoms with Crippen molar-refractivity contribution in [3.8, 4) is 0 Å². The van der Waals surface area contributed by atoms with E-state index in [0.717, 1.165) is 79.2 Å². The van der Waals surface area contributed by atoms with E-state index in [1.54, 1.807) is 6.07 Å². The summed E-state index contributed by atoms with van der Waals surface area (Å²) in [5, 5.41) is 9.19. The first kappa shape index (κ1) is 30.0. The summed E-state index contributed by atoms with van der Waals surface area (Å²) in [6.45, 7) is 10.5. The zero-order chi connectivity index (χ0) is 30.2. The molecule has 7 heteroatoms. The smallest absolute Gasteiger partial charge is 0.159 e. The van der Waals surface area contributed by atoms with Gasteiger partial charge in [0.2, 0.25) is 0 Å². The fourth-order valence-corrected chi connectivity index (χ4v) is 7.44. The molecular weight excluding hydrogens is 525 g/mol. The highest BCUT2D eigenvalue weighted by Crippen LogP contribution is 2.51. The quantitative estimate of drug-likeness (QED) is 0.287. The van der Waals surface area contributed by atoms with Crippen LogP contribution in [-0.4, -0.2) is 21.5 Å². The molecule has 0 spiro atoms. The van der Waals surface area contributed by atoms with Crippen molar-refractivity contribution < 1.29 is 9.18 Å². The van der Waals surface area contributed by atoms with Crippen molar-refractivity contribution in [1.29, 1.82) is 5.41 Å². The van der Waals surface area contributed by atoms with Crippen molar-refractivity contribution >= 4 is 22.9 Å². The second-order valence-electron chi connectivity index (χ2n) is 12.7. The number of Topliss-reactive ketones (excluding diaryl/α,β-unsaturated/α-hetero) is 1. The standard InChI is InChI=1S/C35H44FN5O/c1-5-15-35(19-23-18-24(36)11-13-25(23)33(35)38)16-14-21(3)31-22(4)40-32(34(39)41-31)30(37)28-9-7-6-8-27-26(28)12-10-20(2)17-29(27)42/h10-13,18,20,28,33,37H,3,5-9,14-17,19,38H2,1-2,4H3,(H2,39,41)/t20?,28?,33-,35?/m1/s1. The van der Waals surface area contributed by atoms with Crippen molar-refractivity contribution in [2.75, 3.05) is 5.73 Å². The van der Waals surface area contributed by atoms with E-state index in [0.29, 0.717) is 35.6 Å². The number of benzene rings is 1. The Kier molecular flexibility index (Phi) is 8.61. The Labute approximate surface area is 249 Å². The molecule has 222 valence electrons. The molecule has 5 rings (SSSR count). The molecule has 3 unspecified atom stereocenters. The molecule has 1 aromatic carbocycles. The van der Waals surface area contributed by atoms with Crippen LogP contribution in [0.5, 0.6) is 0 Å². The van der Waals surface area contributed by atoms with Gasteiger partial charge in [-0.25, -0.2) is 14.4 Å². The van der Waals surface area contributed by atoms with Gasteiger partial charge in [-0.15, -0.1) is 0 Å². The Morgan fingerprint density at radius 2 is 2.00 bits per heavy atom. The molecule has 0 saturated heterocycles. The summed E-state index contributed by atoms with van der Waals surface area (Å²) in [4.78, 5) is 22.6. The van der Waals surface area contributed by atoms with Gasteiger partial charge >= 0.3 is 0 Å². The van der Waals surface area contributed by atoms with Gasteiger partial charge in [-0.3, -0.25) is 4.79 Å². The highest BCUT2D eigenvalue weighted by atomic mass is 19.1. The molecule has 0 radical (unpaired) electrons. The summed E-state index contributed by atoms with van der Waals surface area (Å²) in [6, 6.07) is 4.80. The number of carbonyl (C=O) groups is 1. The van der Waals surface area contributed by atoms with Crippen molar-refractivity contribution in [3.05, 3.63) is 82.1 Å². The number of nitrogens with two attached hydrogens (primary N) is 2. The third-order valence-electron chi connectivity index (χ3n) is 9.69. The van der Waals surface area contributed by atoms with E-state index < -0.39 is 0 Å². The normalized spacial score (nSPS) is 25.5. The zero-order valence-electron chi connectivity index (χ0n) is 25.2. The number of fused-ring (bicyclic) bond motifs is 1. The largest absolute Gasteiger partial charge is 0.382 e. The predicted octanol–water partition coefficient (Wildman–Crippen LogP) is 7.36. The number of aromatic nitrogens is 2. The predicted molar refractivity (Wildman–Crippen MR) is 168 cm³/mol. The fourth-order valence-electron chi connectivity index (χ4n) is 7.44. The highest BCUT2D eigenvalue weighted by molar-refractivity contribution is 6.06. The van der Waals surface area contributed by atoms with E-state index in [-0.39, 0.29) is 40.7 Å². The van der Waals surface area contributed by atoms with E-state index in [9.17, 15) is 14.6 Å². The number of aryl methyl sites for hydroxylation is 1. The molecule has 4 atom stereocenters. The molecule has 42 heavy (non-hydrogen) atoms. The second-order valence-corrected chi connectivity index (χ2v) is 12.7. The van der Waals surface area contributed by atoms with Crippen LogP contribution in [0.25, 0.3) is 5.57 Å². The van der Waals surface area contributed by atoms with Crippen molar-refractivity contribution in [3.63, 3.8) is 0 Å². The minimum atomic E-state index is -0.234. The third-order valence-corrected chi connectivity index (χ3v) is 9.69. The maximum absolute atomic E-state index is 14.0. The van der Waals surface area contributed by atoms with Gasteiger partial charge in [0.05, 0.1) is 17.1 Å². The molecular formula is C35H44FN5O. The van der Waals surface area contributed by atoms with E-state index in [1.165, 1.54) is 6.07 Å². The third kappa shape index (κ3) is 5.63. The van der Waals surface area contributed by atoms with Crippen LogP contribution in [0.2, 0.25) is 0 Å². The number of nitrogens with zero attached hydrogens (tertiary/aromatic N) is 2. The van der Waals surface area contributed by atoms with E-state index >= 15 is 0 Å². The number of hydrogen-bond acceptors (Lipinski definition) is 6. The number of rotatable bonds is 8. The van der Waals surface area contributed by atoms with Gasteiger partial charge in [-0.2, -0.15) is 0 Å². The lowest BCUT2D eigenvalue weighted by Crippen LogP contribution is -2.31. The molecule has 0 saturated carbocycles. The topological polar surface area (TPSA) is 119 Å². The Morgan fingerprint density at radius 1 is 1.21 bits per heavy atom. The summed E-state index contributed by atoms with van der Waals surface area (Å²) < 4.78 is 14.0. The SMILES string of the molecule is C=C(CCC1(CCC)Cc2cc(F)ccc2[C@H]1N)c1nc(N)c(C(=N)C2CCCCC3=C2C=CC(C)CC3=O)nc1C. The van der Waals surface area contributed by atoms with Gasteiger partial charge in [-0.1, -0.05) is 51.5 Å². The van der Waals surface area contributed by atoms with Crippen molar-refractivity contribution in [2.24, 2.45) is 23.0 Å². The lowest BCUT2D eigenvalue weighted by atomic mass is 9.73. The molecule has 1 heterocycles. The van der Waals surface area contributed by atoms with Crippen LogP contribution in [0.15, 0.2) is 48.1 Å². The first-order chi connectivity index (χ1) is 20.0. The van der Waals surface area contributed by atoms with Crippen LogP contribution in [0.4, 0.5) is 10.2 Å². The molecule has 5 N–H and O–H groups in total. The maximum atomic E-state index is 14.0. The number of halogens is 1. The van der Waals surface area contributed by atoms with Crippen LogP contribution in [0.3, 0.4) is 0 Å². The van der Waals surface area contributed by atoms with Gasteiger partial charge in [0.1, 0.15) is 11.5 Å². The van der Waals surface area contributed by atoms with Gasteiger partial charge in [0, 0.05) is 18.4 Å². The van der Waals surface area contributed by atoms with Gasteiger partial charge < -0.3 is 16.9 Å². The van der Waals surface area contributed by atoms with Gasteiger partial charge in [0.15, 0.2) is 11.6 Å². The van der Waals surface area contributed by atoms with E-state index in [4.69, 9.17) is 21.4 Å². The Hall–Kier alpha value is -3.45. The molecule has 0 amide bonds. The second kappa shape index (κ2) is 12.0. The van der Waals surface area contributed by atoms with Crippen LogP contribution in [-0.2, 0) is 11.2 Å². The molecule has 0 aliphatic heterocycles. The minimum Gasteiger partial charge on any atom is -0.382 e. The average molecular weight is 570 g/mol. The zero-order valence-corrected chi connectivity index (χ0v) is 25.2. The van der Waals surface area contributed by atoms with Crippen LogP contribution < -0.4 is 11.5 Å². The van der Waals surface area contributed by atoms with Crippen LogP contribution in [0, 0.1) is 35.4 Å². The molecule has 2 aromatic rings. The van der Waals surface area contributed by atoms with Gasteiger partial charge in [-0.05, 0) is 103 Å². The van der Waals surface area contributed by atoms with E-state index in [1.807, 2.05) is 13.0 Å². The number of ketones is 1. The lowest BCUT2D eigenvalue weighted by Gasteiger charge is -2.34. The Balaban J connectivity index is 1.37. The molecule has 0 fully saturated rings. The summed E-state index contributed by atoms with van der Waals surface area (Å²) in [6.07, 6.45) is 12.2. The van der Waals surface area contributed by atoms with Crippen molar-refractivity contribution in [1.82, 2.24) is 9.97 Å². The number of allylic oxidation sites excluding steroid dienone is 5. The summed E-state index contributed by atoms with van der Waals surface area (Å²) in [7, 11) is 0. The Morgan fingerprint density at radius 3 is 2.76 bits per heavy atom. The summed E-state index contributed by atoms with van der Waals surface area (Å²) in [5.41, 5.74) is 19.9. The fraction of sp³-hybridized carbons (Fsp3) is 0.486. The maximum Gasteiger partial charge on any atom is 0.159 e. The van der Waals surface area contributed by atoms with Crippen LogP contribution >= 0.6 is 0 Å². The van der Waals surface area contributed by atoms with Crippen LogP contribution in [0.1, 0.15) is 106 Å². The van der Waals surface area contributed by atoms with E-state index in [2.05, 4.69) is 32.6 Å². The average Bonchev–Trinajstić information content (AvgIpc) is 3.07. The molecule has 6 nitrogen and oxygen atoms in total. The molecule has 3 aliphatic carbocycles. The highest BCUT2D eigenvalue weighted by Gasteiger charge is 2.43. The number of nitrogen functional groups attached to an aromatic ring is 1. The number of hydrogen-bond donors (Lipinski definition) is 3. The Bertz CT molecular complexity index is 1490. The molecule has 0 bridgehead atoms. The van der Waals surface area contributed by atoms with Crippen molar-refractivity contribution in [2.45, 2.75) is 91.0 Å². The molecule has 3 aliphatic rings. The lowest BCUT2D eigenvalue weighted by molar-refractivity contribution is -0.116.